The normalized spacial score (nSPS) is 34.5. The summed E-state index contributed by atoms with van der Waals surface area (Å²) in [5.41, 5.74) is -7.20. The lowest BCUT2D eigenvalue weighted by Gasteiger charge is -2.62. The highest BCUT2D eigenvalue weighted by Gasteiger charge is 2.78. The van der Waals surface area contributed by atoms with Gasteiger partial charge in [-0.3, -0.25) is 54.5 Å². The van der Waals surface area contributed by atoms with E-state index in [1.165, 1.54) is 25.2 Å². The first-order chi connectivity index (χ1) is 23.4. The highest BCUT2D eigenvalue weighted by atomic mass is 19.1. The lowest BCUT2D eigenvalue weighted by Crippen LogP contribution is -2.70. The average molecular weight is 718 g/mol. The largest absolute Gasteiger partial charge is 0.456 e. The van der Waals surface area contributed by atoms with Gasteiger partial charge in [-0.25, -0.2) is 4.39 Å². The van der Waals surface area contributed by atoms with Gasteiger partial charge < -0.3 is 25.0 Å². The van der Waals surface area contributed by atoms with E-state index in [2.05, 4.69) is 15.0 Å². The fourth-order valence-electron chi connectivity index (χ4n) is 8.49. The van der Waals surface area contributed by atoms with E-state index in [-0.39, 0.29) is 51.1 Å². The van der Waals surface area contributed by atoms with Crippen molar-refractivity contribution in [2.24, 2.45) is 22.7 Å². The van der Waals surface area contributed by atoms with Crippen molar-refractivity contribution in [1.29, 1.82) is 0 Å². The molecule has 0 aromatic carbocycles. The maximum Gasteiger partial charge on any atom is 0.325 e. The molecule has 7 N–H and O–H groups in total. The van der Waals surface area contributed by atoms with Crippen LogP contribution in [-0.2, 0) is 43.1 Å². The summed E-state index contributed by atoms with van der Waals surface area (Å²) in [4.78, 5) is 72.8. The first kappa shape index (κ1) is 39.5. The van der Waals surface area contributed by atoms with Gasteiger partial charge in [0.2, 0.25) is 17.3 Å². The molecule has 0 radical (unpaired) electrons. The van der Waals surface area contributed by atoms with Crippen molar-refractivity contribution in [3.05, 3.63) is 23.8 Å². The molecule has 0 aromatic rings. The second kappa shape index (κ2) is 15.6. The highest BCUT2D eigenvalue weighted by molar-refractivity contribution is 6.01. The number of nitrogens with zero attached hydrogens (tertiary/aromatic N) is 2. The molecule has 280 valence electrons. The van der Waals surface area contributed by atoms with Gasteiger partial charge in [0, 0.05) is 29.6 Å². The van der Waals surface area contributed by atoms with Crippen LogP contribution in [0.15, 0.2) is 23.8 Å². The molecule has 1 amide bonds. The molecule has 4 rings (SSSR count). The Morgan fingerprint density at radius 2 is 1.60 bits per heavy atom. The number of amides is 1. The zero-order valence-corrected chi connectivity index (χ0v) is 27.7. The summed E-state index contributed by atoms with van der Waals surface area (Å²) < 4.78 is 28.5. The molecular weight excluding hydrogens is 673 g/mol. The van der Waals surface area contributed by atoms with Crippen molar-refractivity contribution in [1.82, 2.24) is 16.1 Å². The van der Waals surface area contributed by atoms with Gasteiger partial charge in [-0.15, -0.1) is 0 Å². The number of aliphatic hydroxyl groups is 2. The monoisotopic (exact) mass is 717 g/mol. The summed E-state index contributed by atoms with van der Waals surface area (Å²) in [5, 5.41) is 59.0. The van der Waals surface area contributed by atoms with Crippen LogP contribution in [0.1, 0.15) is 65.2 Å². The van der Waals surface area contributed by atoms with Gasteiger partial charge in [0.25, 0.3) is 0 Å². The van der Waals surface area contributed by atoms with Crippen molar-refractivity contribution in [3.63, 3.8) is 0 Å². The molecule has 0 bridgehead atoms. The van der Waals surface area contributed by atoms with Gasteiger partial charge in [-0.1, -0.05) is 18.6 Å². The minimum absolute atomic E-state index is 0.0606. The summed E-state index contributed by atoms with van der Waals surface area (Å²) in [6.45, 7) is 0.836. The second-order valence-corrected chi connectivity index (χ2v) is 13.5. The van der Waals surface area contributed by atoms with Crippen molar-refractivity contribution in [2.45, 2.75) is 88.7 Å². The fourth-order valence-corrected chi connectivity index (χ4v) is 8.49. The van der Waals surface area contributed by atoms with Gasteiger partial charge in [0.05, 0.1) is 30.1 Å². The van der Waals surface area contributed by atoms with Gasteiger partial charge in [0.15, 0.2) is 18.1 Å². The Labute approximate surface area is 285 Å². The van der Waals surface area contributed by atoms with Gasteiger partial charge >= 0.3 is 11.9 Å². The van der Waals surface area contributed by atoms with Crippen LogP contribution in [-0.4, -0.2) is 121 Å². The Balaban J connectivity index is 1.56. The van der Waals surface area contributed by atoms with E-state index in [1.54, 1.807) is 6.92 Å². The summed E-state index contributed by atoms with van der Waals surface area (Å²) >= 11 is 0. The Morgan fingerprint density at radius 1 is 0.960 bits per heavy atom. The minimum Gasteiger partial charge on any atom is -0.456 e. The summed E-state index contributed by atoms with van der Waals surface area (Å²) in [6, 6.07) is 0. The molecule has 0 aliphatic heterocycles. The zero-order valence-electron chi connectivity index (χ0n) is 27.7. The van der Waals surface area contributed by atoms with E-state index in [4.69, 9.17) is 30.3 Å². The van der Waals surface area contributed by atoms with E-state index < -0.39 is 107 Å². The Kier molecular flexibility index (Phi) is 12.3. The number of ether oxygens (including phenoxy) is 2. The number of hydrogen-bond donors (Lipinski definition) is 7. The average Bonchev–Trinajstić information content (AvgIpc) is 3.26. The molecule has 0 saturated heterocycles. The number of fused-ring (bicyclic) bond motifs is 5. The van der Waals surface area contributed by atoms with Crippen molar-refractivity contribution < 1.29 is 78.6 Å². The third-order valence-electron chi connectivity index (χ3n) is 10.8. The number of halogens is 1. The lowest BCUT2D eigenvalue weighted by atomic mass is 9.44. The van der Waals surface area contributed by atoms with Crippen LogP contribution in [0.3, 0.4) is 0 Å². The Hall–Kier alpha value is -3.24. The predicted octanol–water partition coefficient (Wildman–Crippen LogP) is 0.423. The van der Waals surface area contributed by atoms with Gasteiger partial charge in [0.1, 0.15) is 12.6 Å². The number of ketones is 2. The van der Waals surface area contributed by atoms with Crippen molar-refractivity contribution in [2.75, 3.05) is 26.4 Å². The van der Waals surface area contributed by atoms with Gasteiger partial charge in [-0.2, -0.15) is 0 Å². The molecule has 0 heterocycles. The number of hydrogen-bond acceptors (Lipinski definition) is 17. The number of esters is 2. The molecule has 3 saturated carbocycles. The van der Waals surface area contributed by atoms with Crippen molar-refractivity contribution >= 4 is 29.4 Å². The van der Waals surface area contributed by atoms with E-state index >= 15 is 4.39 Å². The molecule has 50 heavy (non-hydrogen) atoms. The first-order valence-electron chi connectivity index (χ1n) is 16.2. The van der Waals surface area contributed by atoms with E-state index in [1.807, 2.05) is 0 Å². The molecule has 0 aromatic heterocycles. The molecule has 2 unspecified atom stereocenters. The molecule has 8 atom stereocenters. The number of alkyl halides is 1. The number of aliphatic hydroxyl groups excluding tert-OH is 2. The van der Waals surface area contributed by atoms with Gasteiger partial charge in [-0.05, 0) is 63.5 Å². The third kappa shape index (κ3) is 7.38. The van der Waals surface area contributed by atoms with Crippen LogP contribution in [0, 0.1) is 22.7 Å². The summed E-state index contributed by atoms with van der Waals surface area (Å²) in [5.74, 6) is -5.85. The molecule has 4 aliphatic rings. The molecule has 19 heteroatoms. The number of allylic oxidation sites excluding steroid dienone is 4. The fraction of sp³-hybridized carbons (Fsp3) is 0.710. The molecule has 3 fully saturated rings. The van der Waals surface area contributed by atoms with Crippen molar-refractivity contribution in [3.8, 4) is 0 Å². The molecule has 0 spiro atoms. The van der Waals surface area contributed by atoms with Crippen LogP contribution in [0.5, 0.6) is 0 Å². The van der Waals surface area contributed by atoms with Crippen LogP contribution in [0.4, 0.5) is 4.39 Å². The first-order valence-corrected chi connectivity index (χ1v) is 16.2. The zero-order chi connectivity index (χ0) is 37.1. The SMILES string of the molecule is C[C@]12C=CC(=O)C=C1CCC1C3C[C@@H](O)[C@](OC(=O)CCCON(O)O)(C(=O)COC(=O)CNC(=O)CCCON(O)O)[C@@]3(C)C[C@H](O)[C@@]12F. The topological polar surface area (TPSA) is 262 Å². The quantitative estimate of drug-likeness (QED) is 0.0648. The standard InChI is InChI=1S/C31H44FN3O15/c1-28-10-9-19(36)13-18(28)7-8-20-21-14-22(37)31(29(21,2)15-23(38)30(20,28)32,50-26(41)6-4-12-49-35(45)46)24(39)17-47-27(42)16-33-25(40)5-3-11-48-34(43)44/h9-10,13,20-23,37-38,43-46H,3-8,11-12,14-17H2,1-2H3,(H,33,40)/t20?,21?,22-,23+,28+,29+,30+,31+/m1/s1. The highest BCUT2D eigenvalue weighted by Crippen LogP contribution is 2.70. The summed E-state index contributed by atoms with van der Waals surface area (Å²) in [7, 11) is 0. The smallest absolute Gasteiger partial charge is 0.325 e. The second-order valence-electron chi connectivity index (χ2n) is 13.5. The number of carbonyl (C=O) groups is 5. The third-order valence-corrected chi connectivity index (χ3v) is 10.8. The van der Waals surface area contributed by atoms with Crippen LogP contribution in [0.25, 0.3) is 0 Å². The molecule has 18 nitrogen and oxygen atoms in total. The number of rotatable bonds is 16. The molecule has 4 aliphatic carbocycles. The number of Topliss-reactive ketones (excluding diaryl/α,β-unsaturated/α-hetero) is 1. The predicted molar refractivity (Wildman–Crippen MR) is 159 cm³/mol. The Bertz CT molecular complexity index is 1390. The Morgan fingerprint density at radius 3 is 2.24 bits per heavy atom. The lowest BCUT2D eigenvalue weighted by molar-refractivity contribution is -0.492. The van der Waals surface area contributed by atoms with Crippen LogP contribution >= 0.6 is 0 Å². The minimum atomic E-state index is -2.43. The number of carbonyl (C=O) groups excluding carboxylic acids is 5. The summed E-state index contributed by atoms with van der Waals surface area (Å²) in [6.07, 6.45) is -0.318. The van der Waals surface area contributed by atoms with E-state index in [0.717, 1.165) is 0 Å². The van der Waals surface area contributed by atoms with Crippen LogP contribution < -0.4 is 5.32 Å². The molecular formula is C31H44FN3O15. The maximum absolute atomic E-state index is 17.6. The number of nitrogens with one attached hydrogen (secondary N) is 1. The van der Waals surface area contributed by atoms with E-state index in [0.29, 0.717) is 12.0 Å². The maximum atomic E-state index is 17.6. The van der Waals surface area contributed by atoms with E-state index in [9.17, 15) is 34.2 Å². The van der Waals surface area contributed by atoms with Crippen LogP contribution in [0.2, 0.25) is 0 Å².